The molecular weight excluding hydrogens is 345 g/mol. The first kappa shape index (κ1) is 19.8. The van der Waals surface area contributed by atoms with E-state index in [1.165, 1.54) is 12.1 Å². The molecule has 0 amide bonds. The predicted octanol–water partition coefficient (Wildman–Crippen LogP) is 2.21. The van der Waals surface area contributed by atoms with Gasteiger partial charge in [-0.05, 0) is 30.4 Å². The number of benzene rings is 1. The molecule has 2 fully saturated rings. The van der Waals surface area contributed by atoms with E-state index < -0.39 is 22.1 Å². The average molecular weight is 366 g/mol. The minimum Gasteiger partial charge on any atom is -0.504 e. The van der Waals surface area contributed by atoms with Crippen LogP contribution in [0.25, 0.3) is 0 Å². The molecule has 1 heterocycles. The summed E-state index contributed by atoms with van der Waals surface area (Å²) in [6.45, 7) is 3.57. The Bertz CT molecular complexity index is 563. The Kier molecular flexibility index (Phi) is 6.88. The smallest absolute Gasteiger partial charge is 0.314 e. The van der Waals surface area contributed by atoms with Crippen molar-refractivity contribution in [1.82, 2.24) is 10.2 Å². The van der Waals surface area contributed by atoms with Crippen molar-refractivity contribution in [2.24, 2.45) is 5.92 Å². The molecule has 1 saturated heterocycles. The molecule has 0 spiro atoms. The van der Waals surface area contributed by atoms with Gasteiger partial charge in [0.1, 0.15) is 0 Å². The highest BCUT2D eigenvalue weighted by atomic mass is 35.5. The summed E-state index contributed by atoms with van der Waals surface area (Å²) in [5, 5.41) is 33.7. The summed E-state index contributed by atoms with van der Waals surface area (Å²) in [6, 6.07) is 2.95. The van der Waals surface area contributed by atoms with Crippen LogP contribution in [0, 0.1) is 16.0 Å². The van der Waals surface area contributed by atoms with Crippen LogP contribution in [-0.4, -0.2) is 46.2 Å². The van der Waals surface area contributed by atoms with Crippen molar-refractivity contribution in [1.29, 1.82) is 0 Å². The van der Waals surface area contributed by atoms with Crippen LogP contribution in [0.3, 0.4) is 0 Å². The molecule has 9 heteroatoms. The number of nitrogens with zero attached hydrogens (tertiary/aromatic N) is 2. The fraction of sp³-hybridized carbons (Fsp3) is 0.571. The SMILES string of the molecule is Cl.Cl.O=[N+]([O-])c1cc([C@H](C2CC2)N2CCNCC2)cc(O)c1O. The molecule has 7 nitrogen and oxygen atoms in total. The van der Waals surface area contributed by atoms with E-state index in [1.807, 2.05) is 0 Å². The molecule has 1 atom stereocenters. The number of phenolic OH excluding ortho intramolecular Hbond substituents is 2. The highest BCUT2D eigenvalue weighted by Gasteiger charge is 2.38. The number of hydrogen-bond donors (Lipinski definition) is 3. The summed E-state index contributed by atoms with van der Waals surface area (Å²) < 4.78 is 0. The van der Waals surface area contributed by atoms with Gasteiger partial charge in [0, 0.05) is 38.3 Å². The van der Waals surface area contributed by atoms with Crippen molar-refractivity contribution >= 4 is 30.5 Å². The lowest BCUT2D eigenvalue weighted by Gasteiger charge is -2.35. The van der Waals surface area contributed by atoms with Gasteiger partial charge in [-0.15, -0.1) is 24.8 Å². The fourth-order valence-electron chi connectivity index (χ4n) is 3.09. The molecular formula is C14H21Cl2N3O4. The quantitative estimate of drug-likeness (QED) is 0.429. The Labute approximate surface area is 146 Å². The van der Waals surface area contributed by atoms with Gasteiger partial charge in [-0.2, -0.15) is 0 Å². The second-order valence-corrected chi connectivity index (χ2v) is 5.73. The number of hydrogen-bond acceptors (Lipinski definition) is 6. The summed E-state index contributed by atoms with van der Waals surface area (Å²) in [5.74, 6) is -0.592. The maximum atomic E-state index is 11.0. The van der Waals surface area contributed by atoms with E-state index in [0.29, 0.717) is 5.92 Å². The van der Waals surface area contributed by atoms with Gasteiger partial charge in [-0.3, -0.25) is 15.0 Å². The van der Waals surface area contributed by atoms with Crippen LogP contribution < -0.4 is 5.32 Å². The van der Waals surface area contributed by atoms with Gasteiger partial charge in [-0.1, -0.05) is 0 Å². The fourth-order valence-corrected chi connectivity index (χ4v) is 3.09. The number of phenols is 2. The molecule has 3 rings (SSSR count). The van der Waals surface area contributed by atoms with E-state index in [0.717, 1.165) is 44.6 Å². The summed E-state index contributed by atoms with van der Waals surface area (Å²) in [6.07, 6.45) is 2.20. The van der Waals surface area contributed by atoms with Crippen LogP contribution >= 0.6 is 24.8 Å². The first-order chi connectivity index (χ1) is 10.1. The van der Waals surface area contributed by atoms with Gasteiger partial charge in [0.15, 0.2) is 5.75 Å². The van der Waals surface area contributed by atoms with Gasteiger partial charge in [0.05, 0.1) is 4.92 Å². The van der Waals surface area contributed by atoms with Gasteiger partial charge in [-0.25, -0.2) is 0 Å². The Morgan fingerprint density at radius 3 is 2.35 bits per heavy atom. The monoisotopic (exact) mass is 365 g/mol. The Balaban J connectivity index is 0.00000132. The maximum absolute atomic E-state index is 11.0. The molecule has 1 aliphatic carbocycles. The van der Waals surface area contributed by atoms with Gasteiger partial charge in [0.25, 0.3) is 0 Å². The maximum Gasteiger partial charge on any atom is 0.314 e. The highest BCUT2D eigenvalue weighted by Crippen LogP contribution is 2.47. The Morgan fingerprint density at radius 1 is 1.22 bits per heavy atom. The van der Waals surface area contributed by atoms with Crippen LogP contribution in [-0.2, 0) is 0 Å². The highest BCUT2D eigenvalue weighted by molar-refractivity contribution is 5.85. The van der Waals surface area contributed by atoms with E-state index in [2.05, 4.69) is 10.2 Å². The third-order valence-corrected chi connectivity index (χ3v) is 4.24. The molecule has 1 aromatic carbocycles. The summed E-state index contributed by atoms with van der Waals surface area (Å²) in [7, 11) is 0. The van der Waals surface area contributed by atoms with Crippen molar-refractivity contribution in [3.63, 3.8) is 0 Å². The van der Waals surface area contributed by atoms with E-state index in [1.54, 1.807) is 0 Å². The number of nitrogens with one attached hydrogen (secondary N) is 1. The van der Waals surface area contributed by atoms with Gasteiger partial charge < -0.3 is 15.5 Å². The zero-order valence-corrected chi connectivity index (χ0v) is 14.1. The molecule has 0 radical (unpaired) electrons. The number of nitro groups is 1. The predicted molar refractivity (Wildman–Crippen MR) is 90.8 cm³/mol. The van der Waals surface area contributed by atoms with E-state index in [9.17, 15) is 20.3 Å². The molecule has 1 saturated carbocycles. The number of halogens is 2. The minimum absolute atomic E-state index is 0. The molecule has 23 heavy (non-hydrogen) atoms. The zero-order chi connectivity index (χ0) is 15.0. The van der Waals surface area contributed by atoms with Crippen LogP contribution in [0.15, 0.2) is 12.1 Å². The van der Waals surface area contributed by atoms with E-state index in [-0.39, 0.29) is 30.9 Å². The molecule has 130 valence electrons. The summed E-state index contributed by atoms with van der Waals surface area (Å²) in [5.41, 5.74) is 0.298. The van der Waals surface area contributed by atoms with Crippen molar-refractivity contribution in [2.45, 2.75) is 18.9 Å². The van der Waals surface area contributed by atoms with Crippen molar-refractivity contribution in [2.75, 3.05) is 26.2 Å². The summed E-state index contributed by atoms with van der Waals surface area (Å²) in [4.78, 5) is 12.7. The van der Waals surface area contributed by atoms with Crippen LogP contribution in [0.2, 0.25) is 0 Å². The van der Waals surface area contributed by atoms with Gasteiger partial charge in [0.2, 0.25) is 5.75 Å². The number of nitro benzene ring substituents is 1. The molecule has 0 bridgehead atoms. The summed E-state index contributed by atoms with van der Waals surface area (Å²) >= 11 is 0. The van der Waals surface area contributed by atoms with Crippen LogP contribution in [0.4, 0.5) is 5.69 Å². The van der Waals surface area contributed by atoms with E-state index >= 15 is 0 Å². The zero-order valence-electron chi connectivity index (χ0n) is 12.5. The van der Waals surface area contributed by atoms with Crippen molar-refractivity contribution < 1.29 is 15.1 Å². The molecule has 1 aromatic rings. The average Bonchev–Trinajstić information content (AvgIpc) is 3.28. The standard InChI is InChI=1S/C14H19N3O4.2ClH/c18-12-8-10(7-11(14(12)19)17(20)21)13(9-1-2-9)16-5-3-15-4-6-16;;/h7-9,13,15,18-19H,1-6H2;2*1H/t13-;;/m0../s1. The topological polar surface area (TPSA) is 98.9 Å². The number of aromatic hydroxyl groups is 2. The lowest BCUT2D eigenvalue weighted by molar-refractivity contribution is -0.386. The second kappa shape index (κ2) is 8.01. The first-order valence-electron chi connectivity index (χ1n) is 7.23. The van der Waals surface area contributed by atoms with Crippen LogP contribution in [0.1, 0.15) is 24.4 Å². The van der Waals surface area contributed by atoms with Gasteiger partial charge >= 0.3 is 5.69 Å². The minimum atomic E-state index is -0.654. The molecule has 0 aromatic heterocycles. The largest absolute Gasteiger partial charge is 0.504 e. The molecule has 3 N–H and O–H groups in total. The van der Waals surface area contributed by atoms with E-state index in [4.69, 9.17) is 0 Å². The molecule has 2 aliphatic rings. The second-order valence-electron chi connectivity index (χ2n) is 5.73. The lowest BCUT2D eigenvalue weighted by Crippen LogP contribution is -2.45. The van der Waals surface area contributed by atoms with Crippen LogP contribution in [0.5, 0.6) is 11.5 Å². The number of rotatable bonds is 4. The molecule has 1 aliphatic heterocycles. The molecule has 0 unspecified atom stereocenters. The van der Waals surface area contributed by atoms with Crippen molar-refractivity contribution in [3.8, 4) is 11.5 Å². The third kappa shape index (κ3) is 4.17. The normalized spacial score (nSPS) is 19.3. The Morgan fingerprint density at radius 2 is 1.83 bits per heavy atom. The third-order valence-electron chi connectivity index (χ3n) is 4.24. The Hall–Kier alpha value is -1.28. The first-order valence-corrected chi connectivity index (χ1v) is 7.23. The number of piperazine rings is 1. The lowest BCUT2D eigenvalue weighted by atomic mass is 9.98. The van der Waals surface area contributed by atoms with Crippen molar-refractivity contribution in [3.05, 3.63) is 27.8 Å².